The van der Waals surface area contributed by atoms with Crippen LogP contribution in [0.4, 0.5) is 0 Å². The van der Waals surface area contributed by atoms with E-state index in [4.69, 9.17) is 0 Å². The van der Waals surface area contributed by atoms with Crippen molar-refractivity contribution in [3.05, 3.63) is 29.1 Å². The van der Waals surface area contributed by atoms with Crippen LogP contribution in [0.5, 0.6) is 0 Å². The van der Waals surface area contributed by atoms with Crippen molar-refractivity contribution in [3.8, 4) is 6.07 Å². The van der Waals surface area contributed by atoms with Gasteiger partial charge in [0, 0.05) is 31.2 Å². The second kappa shape index (κ2) is 7.71. The molecule has 22 heavy (non-hydrogen) atoms. The van der Waals surface area contributed by atoms with Crippen LogP contribution in [0.3, 0.4) is 0 Å². The fraction of sp³-hybridized carbons (Fsp3) is 0.667. The zero-order chi connectivity index (χ0) is 16.0. The first-order chi connectivity index (χ1) is 10.5. The van der Waals surface area contributed by atoms with Gasteiger partial charge in [-0.2, -0.15) is 5.26 Å². The minimum atomic E-state index is -0.0920. The summed E-state index contributed by atoms with van der Waals surface area (Å²) in [5.41, 5.74) is 2.57. The summed E-state index contributed by atoms with van der Waals surface area (Å²) in [6.07, 6.45) is 5.95. The molecular weight excluding hydrogens is 272 g/mol. The lowest BCUT2D eigenvalue weighted by Crippen LogP contribution is -2.35. The Morgan fingerprint density at radius 2 is 2.00 bits per heavy atom. The van der Waals surface area contributed by atoms with Crippen molar-refractivity contribution in [3.63, 3.8) is 0 Å². The molecule has 1 saturated heterocycles. The van der Waals surface area contributed by atoms with Crippen LogP contribution < -0.4 is 5.32 Å². The molecule has 1 aromatic rings. The van der Waals surface area contributed by atoms with Gasteiger partial charge in [-0.05, 0) is 37.6 Å². The SMILES string of the molecule is CC(C)(C)c1ncc(CNCCN2CCCCC2)cc1C#N. The van der Waals surface area contributed by atoms with Gasteiger partial charge in [-0.25, -0.2) is 0 Å². The third-order valence-corrected chi connectivity index (χ3v) is 4.16. The molecule has 4 nitrogen and oxygen atoms in total. The molecule has 2 rings (SSSR count). The highest BCUT2D eigenvalue weighted by molar-refractivity contribution is 5.39. The highest BCUT2D eigenvalue weighted by Crippen LogP contribution is 2.23. The Hall–Kier alpha value is -1.44. The Morgan fingerprint density at radius 3 is 2.64 bits per heavy atom. The fourth-order valence-electron chi connectivity index (χ4n) is 2.94. The van der Waals surface area contributed by atoms with Gasteiger partial charge in [0.1, 0.15) is 6.07 Å². The summed E-state index contributed by atoms with van der Waals surface area (Å²) in [5, 5.41) is 12.8. The number of nitrogens with one attached hydrogen (secondary N) is 1. The molecule has 4 heteroatoms. The van der Waals surface area contributed by atoms with Gasteiger partial charge >= 0.3 is 0 Å². The van der Waals surface area contributed by atoms with Gasteiger partial charge in [0.25, 0.3) is 0 Å². The predicted molar refractivity (Wildman–Crippen MR) is 89.6 cm³/mol. The first kappa shape index (κ1) is 16.9. The van der Waals surface area contributed by atoms with E-state index in [-0.39, 0.29) is 5.41 Å². The highest BCUT2D eigenvalue weighted by Gasteiger charge is 2.20. The van der Waals surface area contributed by atoms with Gasteiger partial charge in [0.2, 0.25) is 0 Å². The van der Waals surface area contributed by atoms with E-state index in [1.165, 1.54) is 32.4 Å². The second-order valence-corrected chi connectivity index (χ2v) is 7.18. The van der Waals surface area contributed by atoms with Crippen LogP contribution in [-0.2, 0) is 12.0 Å². The van der Waals surface area contributed by atoms with Crippen LogP contribution in [0.2, 0.25) is 0 Å². The van der Waals surface area contributed by atoms with Crippen LogP contribution in [0.25, 0.3) is 0 Å². The number of hydrogen-bond donors (Lipinski definition) is 1. The summed E-state index contributed by atoms with van der Waals surface area (Å²) >= 11 is 0. The average Bonchev–Trinajstić information content (AvgIpc) is 2.51. The Kier molecular flexibility index (Phi) is 5.93. The number of hydrogen-bond acceptors (Lipinski definition) is 4. The van der Waals surface area contributed by atoms with E-state index in [0.29, 0.717) is 5.56 Å². The van der Waals surface area contributed by atoms with Crippen molar-refractivity contribution in [1.82, 2.24) is 15.2 Å². The van der Waals surface area contributed by atoms with Crippen molar-refractivity contribution in [1.29, 1.82) is 5.26 Å². The van der Waals surface area contributed by atoms with E-state index in [2.05, 4.69) is 42.0 Å². The average molecular weight is 300 g/mol. The van der Waals surface area contributed by atoms with Crippen LogP contribution in [0.15, 0.2) is 12.3 Å². The predicted octanol–water partition coefficient (Wildman–Crippen LogP) is 2.83. The van der Waals surface area contributed by atoms with Gasteiger partial charge in [-0.1, -0.05) is 27.2 Å². The maximum Gasteiger partial charge on any atom is 0.101 e. The number of pyridine rings is 1. The molecule has 0 radical (unpaired) electrons. The Labute approximate surface area is 134 Å². The van der Waals surface area contributed by atoms with Crippen molar-refractivity contribution in [2.24, 2.45) is 0 Å². The molecule has 1 N–H and O–H groups in total. The largest absolute Gasteiger partial charge is 0.311 e. The molecule has 1 fully saturated rings. The van der Waals surface area contributed by atoms with Gasteiger partial charge < -0.3 is 10.2 Å². The molecule has 0 bridgehead atoms. The van der Waals surface area contributed by atoms with E-state index in [1.807, 2.05) is 12.3 Å². The van der Waals surface area contributed by atoms with Gasteiger partial charge in [0.05, 0.1) is 11.3 Å². The maximum atomic E-state index is 9.33. The van der Waals surface area contributed by atoms with Crippen LogP contribution >= 0.6 is 0 Å². The topological polar surface area (TPSA) is 52.0 Å². The monoisotopic (exact) mass is 300 g/mol. The van der Waals surface area contributed by atoms with Gasteiger partial charge in [-0.3, -0.25) is 4.98 Å². The number of nitrogens with zero attached hydrogens (tertiary/aromatic N) is 3. The smallest absolute Gasteiger partial charge is 0.101 e. The second-order valence-electron chi connectivity index (χ2n) is 7.18. The Balaban J connectivity index is 1.84. The van der Waals surface area contributed by atoms with Gasteiger partial charge in [-0.15, -0.1) is 0 Å². The standard InChI is InChI=1S/C18H28N4/c1-18(2,3)17-16(12-19)11-15(14-21-17)13-20-7-10-22-8-5-4-6-9-22/h11,14,20H,4-10,13H2,1-3H3. The van der Waals surface area contributed by atoms with E-state index in [0.717, 1.165) is 30.9 Å². The molecule has 1 aliphatic heterocycles. The zero-order valence-electron chi connectivity index (χ0n) is 14.2. The summed E-state index contributed by atoms with van der Waals surface area (Å²) < 4.78 is 0. The van der Waals surface area contributed by atoms with Crippen molar-refractivity contribution >= 4 is 0 Å². The molecule has 0 aliphatic carbocycles. The lowest BCUT2D eigenvalue weighted by atomic mass is 9.88. The third kappa shape index (κ3) is 4.79. The Bertz CT molecular complexity index is 519. The van der Waals surface area contributed by atoms with Crippen LogP contribution in [0.1, 0.15) is 56.9 Å². The molecule has 1 aromatic heterocycles. The number of nitriles is 1. The summed E-state index contributed by atoms with van der Waals surface area (Å²) in [6, 6.07) is 4.26. The number of likely N-dealkylation sites (tertiary alicyclic amines) is 1. The third-order valence-electron chi connectivity index (χ3n) is 4.16. The van der Waals surface area contributed by atoms with Crippen molar-refractivity contribution < 1.29 is 0 Å². The fourth-order valence-corrected chi connectivity index (χ4v) is 2.94. The summed E-state index contributed by atoms with van der Waals surface area (Å²) in [6.45, 7) is 11.6. The molecule has 0 unspecified atom stereocenters. The normalized spacial score (nSPS) is 16.5. The van der Waals surface area contributed by atoms with Crippen molar-refractivity contribution in [2.75, 3.05) is 26.2 Å². The molecular formula is C18H28N4. The number of rotatable bonds is 5. The molecule has 0 aromatic carbocycles. The summed E-state index contributed by atoms with van der Waals surface area (Å²) in [7, 11) is 0. The Morgan fingerprint density at radius 1 is 1.27 bits per heavy atom. The molecule has 0 atom stereocenters. The zero-order valence-corrected chi connectivity index (χ0v) is 14.2. The molecule has 2 heterocycles. The maximum absolute atomic E-state index is 9.33. The highest BCUT2D eigenvalue weighted by atomic mass is 15.1. The van der Waals surface area contributed by atoms with Crippen molar-refractivity contribution in [2.45, 2.75) is 52.0 Å². The number of aromatic nitrogens is 1. The van der Waals surface area contributed by atoms with E-state index < -0.39 is 0 Å². The molecule has 0 saturated carbocycles. The molecule has 120 valence electrons. The first-order valence-electron chi connectivity index (χ1n) is 8.33. The lowest BCUT2D eigenvalue weighted by molar-refractivity contribution is 0.229. The molecule has 1 aliphatic rings. The van der Waals surface area contributed by atoms with Crippen LogP contribution in [0, 0.1) is 11.3 Å². The minimum absolute atomic E-state index is 0.0920. The minimum Gasteiger partial charge on any atom is -0.311 e. The van der Waals surface area contributed by atoms with E-state index >= 15 is 0 Å². The first-order valence-corrected chi connectivity index (χ1v) is 8.33. The molecule has 0 amide bonds. The van der Waals surface area contributed by atoms with Crippen LogP contribution in [-0.4, -0.2) is 36.1 Å². The number of piperidine rings is 1. The lowest BCUT2D eigenvalue weighted by Gasteiger charge is -2.26. The van der Waals surface area contributed by atoms with E-state index in [1.54, 1.807) is 0 Å². The summed E-state index contributed by atoms with van der Waals surface area (Å²) in [4.78, 5) is 7.04. The quantitative estimate of drug-likeness (QED) is 0.850. The van der Waals surface area contributed by atoms with E-state index in [9.17, 15) is 5.26 Å². The summed E-state index contributed by atoms with van der Waals surface area (Å²) in [5.74, 6) is 0. The van der Waals surface area contributed by atoms with Gasteiger partial charge in [0.15, 0.2) is 0 Å². The molecule has 0 spiro atoms.